The lowest BCUT2D eigenvalue weighted by molar-refractivity contribution is -0.148. The van der Waals surface area contributed by atoms with Crippen molar-refractivity contribution in [3.05, 3.63) is 24.3 Å². The molecule has 0 spiro atoms. The molecular formula is C33H56O4. The minimum Gasteiger partial charge on any atom is -0.457 e. The smallest absolute Gasteiger partial charge is 0.333 e. The summed E-state index contributed by atoms with van der Waals surface area (Å²) in [5, 5.41) is 9.28. The molecule has 0 heterocycles. The van der Waals surface area contributed by atoms with Gasteiger partial charge in [0.25, 0.3) is 0 Å². The Balaban J connectivity index is 1.33. The highest BCUT2D eigenvalue weighted by Crippen LogP contribution is 2.43. The SMILES string of the molecule is C=C(C)C(=O)OC(CCC1CCC(C2CCC(CCCCCCC)CC2)CC1)COC1CC1C(=C)CO. The van der Waals surface area contributed by atoms with E-state index in [1.807, 2.05) is 0 Å². The van der Waals surface area contributed by atoms with E-state index in [2.05, 4.69) is 20.1 Å². The number of ether oxygens (including phenoxy) is 2. The van der Waals surface area contributed by atoms with Gasteiger partial charge in [-0.05, 0) is 81.1 Å². The van der Waals surface area contributed by atoms with Crippen molar-refractivity contribution >= 4 is 5.97 Å². The molecule has 3 fully saturated rings. The van der Waals surface area contributed by atoms with Crippen molar-refractivity contribution in [3.63, 3.8) is 0 Å². The maximum Gasteiger partial charge on any atom is 0.333 e. The van der Waals surface area contributed by atoms with Gasteiger partial charge in [-0.2, -0.15) is 0 Å². The van der Waals surface area contributed by atoms with Gasteiger partial charge in [-0.15, -0.1) is 0 Å². The fraction of sp³-hybridized carbons (Fsp3) is 0.848. The Morgan fingerprint density at radius 2 is 1.49 bits per heavy atom. The molecular weight excluding hydrogens is 460 g/mol. The summed E-state index contributed by atoms with van der Waals surface area (Å²) in [5.41, 5.74) is 1.28. The molecule has 0 aliphatic heterocycles. The number of carbonyl (C=O) groups is 1. The molecule has 212 valence electrons. The monoisotopic (exact) mass is 516 g/mol. The molecule has 4 nitrogen and oxygen atoms in total. The molecule has 0 aromatic carbocycles. The first-order valence-electron chi connectivity index (χ1n) is 15.7. The number of carbonyl (C=O) groups excluding carboxylic acids is 1. The van der Waals surface area contributed by atoms with Gasteiger partial charge in [0, 0.05) is 11.5 Å². The maximum atomic E-state index is 12.2. The Bertz CT molecular complexity index is 699. The molecule has 0 bridgehead atoms. The zero-order valence-electron chi connectivity index (χ0n) is 24.1. The predicted molar refractivity (Wildman–Crippen MR) is 152 cm³/mol. The molecule has 4 heteroatoms. The molecule has 0 aromatic rings. The van der Waals surface area contributed by atoms with E-state index in [-0.39, 0.29) is 30.7 Å². The number of unbranched alkanes of at least 4 members (excludes halogenated alkanes) is 4. The van der Waals surface area contributed by atoms with Crippen LogP contribution in [0.4, 0.5) is 0 Å². The van der Waals surface area contributed by atoms with Gasteiger partial charge >= 0.3 is 5.97 Å². The highest BCUT2D eigenvalue weighted by Gasteiger charge is 2.40. The summed E-state index contributed by atoms with van der Waals surface area (Å²) in [4.78, 5) is 12.2. The first-order chi connectivity index (χ1) is 17.9. The minimum absolute atomic E-state index is 0.0157. The standard InChI is InChI=1S/C33H56O4/c1-5-6-7-8-9-10-26-11-16-28(17-12-26)29-18-13-27(14-19-29)15-20-30(37-33(35)24(2)3)23-36-32-21-31(32)25(4)22-34/h26-32,34H,2,4-23H2,1,3H3. The van der Waals surface area contributed by atoms with Gasteiger partial charge in [0.05, 0.1) is 19.3 Å². The number of hydrogen-bond acceptors (Lipinski definition) is 4. The third kappa shape index (κ3) is 10.5. The summed E-state index contributed by atoms with van der Waals surface area (Å²) < 4.78 is 11.8. The first-order valence-corrected chi connectivity index (χ1v) is 15.7. The van der Waals surface area contributed by atoms with Crippen LogP contribution in [0.25, 0.3) is 0 Å². The summed E-state index contributed by atoms with van der Waals surface area (Å²) in [7, 11) is 0. The minimum atomic E-state index is -0.319. The van der Waals surface area contributed by atoms with Gasteiger partial charge < -0.3 is 14.6 Å². The lowest BCUT2D eigenvalue weighted by Gasteiger charge is -2.38. The van der Waals surface area contributed by atoms with Crippen molar-refractivity contribution in [1.82, 2.24) is 0 Å². The van der Waals surface area contributed by atoms with Crippen LogP contribution in [-0.4, -0.2) is 36.5 Å². The van der Waals surface area contributed by atoms with Crippen LogP contribution in [0, 0.1) is 29.6 Å². The average Bonchev–Trinajstić information content (AvgIpc) is 3.70. The predicted octanol–water partition coefficient (Wildman–Crippen LogP) is 8.18. The van der Waals surface area contributed by atoms with Crippen LogP contribution in [-0.2, 0) is 14.3 Å². The highest BCUT2D eigenvalue weighted by molar-refractivity contribution is 5.87. The van der Waals surface area contributed by atoms with Gasteiger partial charge in [0.15, 0.2) is 0 Å². The molecule has 3 saturated carbocycles. The summed E-state index contributed by atoms with van der Waals surface area (Å²) in [6.45, 7) is 12.1. The Morgan fingerprint density at radius 1 is 0.892 bits per heavy atom. The molecule has 37 heavy (non-hydrogen) atoms. The van der Waals surface area contributed by atoms with Crippen LogP contribution in [0.1, 0.15) is 123 Å². The molecule has 3 atom stereocenters. The van der Waals surface area contributed by atoms with E-state index in [0.717, 1.165) is 48.5 Å². The number of esters is 1. The molecule has 3 aliphatic rings. The fourth-order valence-electron chi connectivity index (χ4n) is 6.92. The van der Waals surface area contributed by atoms with E-state index in [4.69, 9.17) is 9.47 Å². The number of hydrogen-bond donors (Lipinski definition) is 1. The van der Waals surface area contributed by atoms with Gasteiger partial charge in [0.2, 0.25) is 0 Å². The number of aliphatic hydroxyl groups is 1. The van der Waals surface area contributed by atoms with E-state index >= 15 is 0 Å². The van der Waals surface area contributed by atoms with Crippen LogP contribution >= 0.6 is 0 Å². The van der Waals surface area contributed by atoms with E-state index in [1.165, 1.54) is 89.9 Å². The van der Waals surface area contributed by atoms with E-state index in [9.17, 15) is 9.90 Å². The van der Waals surface area contributed by atoms with E-state index in [1.54, 1.807) is 6.92 Å². The van der Waals surface area contributed by atoms with Crippen molar-refractivity contribution in [2.24, 2.45) is 29.6 Å². The summed E-state index contributed by atoms with van der Waals surface area (Å²) in [6, 6.07) is 0. The van der Waals surface area contributed by atoms with Gasteiger partial charge in [-0.3, -0.25) is 0 Å². The molecule has 3 unspecified atom stereocenters. The molecule has 3 aliphatic carbocycles. The first kappa shape index (κ1) is 30.4. The Morgan fingerprint density at radius 3 is 2.05 bits per heavy atom. The van der Waals surface area contributed by atoms with E-state index < -0.39 is 0 Å². The molecule has 1 N–H and O–H groups in total. The lowest BCUT2D eigenvalue weighted by atomic mass is 9.68. The zero-order chi connectivity index (χ0) is 26.6. The third-order valence-electron chi connectivity index (χ3n) is 9.64. The normalized spacial score (nSPS) is 30.5. The van der Waals surface area contributed by atoms with Gasteiger partial charge in [0.1, 0.15) is 6.10 Å². The molecule has 0 radical (unpaired) electrons. The summed E-state index contributed by atoms with van der Waals surface area (Å²) >= 11 is 0. The Hall–Kier alpha value is -1.13. The fourth-order valence-corrected chi connectivity index (χ4v) is 6.92. The Labute approximate surface area is 227 Å². The quantitative estimate of drug-likeness (QED) is 0.0916. The summed E-state index contributed by atoms with van der Waals surface area (Å²) in [6.07, 6.45) is 22.6. The highest BCUT2D eigenvalue weighted by atomic mass is 16.6. The van der Waals surface area contributed by atoms with Crippen molar-refractivity contribution in [2.45, 2.75) is 135 Å². The summed E-state index contributed by atoms with van der Waals surface area (Å²) in [5.74, 6) is 3.58. The van der Waals surface area contributed by atoms with Crippen LogP contribution in [0.3, 0.4) is 0 Å². The largest absolute Gasteiger partial charge is 0.457 e. The van der Waals surface area contributed by atoms with Crippen molar-refractivity contribution in [3.8, 4) is 0 Å². The maximum absolute atomic E-state index is 12.2. The van der Waals surface area contributed by atoms with Crippen molar-refractivity contribution in [2.75, 3.05) is 13.2 Å². The third-order valence-corrected chi connectivity index (χ3v) is 9.64. The zero-order valence-corrected chi connectivity index (χ0v) is 24.1. The van der Waals surface area contributed by atoms with Crippen LogP contribution < -0.4 is 0 Å². The van der Waals surface area contributed by atoms with Crippen LogP contribution in [0.15, 0.2) is 24.3 Å². The lowest BCUT2D eigenvalue weighted by Crippen LogP contribution is -2.28. The van der Waals surface area contributed by atoms with Crippen LogP contribution in [0.2, 0.25) is 0 Å². The second-order valence-electron chi connectivity index (χ2n) is 12.7. The van der Waals surface area contributed by atoms with E-state index in [0.29, 0.717) is 12.2 Å². The van der Waals surface area contributed by atoms with Crippen LogP contribution in [0.5, 0.6) is 0 Å². The molecule has 3 rings (SSSR count). The Kier molecular flexibility index (Phi) is 13.2. The second kappa shape index (κ2) is 16.1. The average molecular weight is 517 g/mol. The number of aliphatic hydroxyl groups excluding tert-OH is 1. The van der Waals surface area contributed by atoms with Crippen molar-refractivity contribution in [1.29, 1.82) is 0 Å². The number of rotatable bonds is 17. The van der Waals surface area contributed by atoms with Gasteiger partial charge in [-0.25, -0.2) is 4.79 Å². The van der Waals surface area contributed by atoms with Gasteiger partial charge in [-0.1, -0.05) is 84.3 Å². The molecule has 0 saturated heterocycles. The van der Waals surface area contributed by atoms with Crippen molar-refractivity contribution < 1.29 is 19.4 Å². The molecule has 0 amide bonds. The topological polar surface area (TPSA) is 55.8 Å². The molecule has 0 aromatic heterocycles. The second-order valence-corrected chi connectivity index (χ2v) is 12.7.